The third kappa shape index (κ3) is 4.19. The predicted octanol–water partition coefficient (Wildman–Crippen LogP) is -0.291. The Morgan fingerprint density at radius 2 is 1.32 bits per heavy atom. The number of carboxylic acids is 2. The van der Waals surface area contributed by atoms with Crippen LogP contribution in [0.5, 0.6) is 11.5 Å². The molecule has 0 aromatic heterocycles. The topological polar surface area (TPSA) is 135 Å². The maximum atomic E-state index is 11.9. The van der Waals surface area contributed by atoms with Crippen LogP contribution >= 0.6 is 0 Å². The van der Waals surface area contributed by atoms with Crippen molar-refractivity contribution in [3.63, 3.8) is 0 Å². The first kappa shape index (κ1) is 14.3. The number of aliphatic carboxylic acids is 2. The van der Waals surface area contributed by atoms with Crippen molar-refractivity contribution in [3.05, 3.63) is 23.8 Å². The molecule has 8 nitrogen and oxygen atoms in total. The monoisotopic (exact) mass is 269 g/mol. The van der Waals surface area contributed by atoms with E-state index in [1.54, 1.807) is 0 Å². The Kier molecular flexibility index (Phi) is 4.30. The highest BCUT2D eigenvalue weighted by Crippen LogP contribution is 2.21. The lowest BCUT2D eigenvalue weighted by molar-refractivity contribution is -0.140. The van der Waals surface area contributed by atoms with Crippen molar-refractivity contribution >= 4 is 17.8 Å². The number of hydrogen-bond donors (Lipinski definition) is 4. The number of hydrogen-bond acceptors (Lipinski definition) is 5. The number of amides is 1. The first-order chi connectivity index (χ1) is 8.79. The average molecular weight is 269 g/mol. The van der Waals surface area contributed by atoms with Gasteiger partial charge in [0.15, 0.2) is 0 Å². The number of phenols is 2. The summed E-state index contributed by atoms with van der Waals surface area (Å²) in [6.45, 7) is -1.61. The Balaban J connectivity index is 3.03. The molecule has 0 bridgehead atoms. The molecule has 4 N–H and O–H groups in total. The number of nitrogens with zero attached hydrogens (tertiary/aromatic N) is 1. The van der Waals surface area contributed by atoms with Crippen molar-refractivity contribution in [2.45, 2.75) is 0 Å². The Morgan fingerprint density at radius 1 is 0.895 bits per heavy atom. The summed E-state index contributed by atoms with van der Waals surface area (Å²) < 4.78 is 0. The van der Waals surface area contributed by atoms with E-state index in [2.05, 4.69) is 0 Å². The minimum Gasteiger partial charge on any atom is -0.508 e. The molecule has 0 saturated carbocycles. The lowest BCUT2D eigenvalue weighted by atomic mass is 10.1. The predicted molar refractivity (Wildman–Crippen MR) is 60.9 cm³/mol. The third-order valence-electron chi connectivity index (χ3n) is 2.09. The number of carbonyl (C=O) groups excluding carboxylic acids is 1. The van der Waals surface area contributed by atoms with Crippen molar-refractivity contribution in [1.82, 2.24) is 4.90 Å². The quantitative estimate of drug-likeness (QED) is 0.576. The van der Waals surface area contributed by atoms with Crippen LogP contribution in [0.15, 0.2) is 18.2 Å². The van der Waals surface area contributed by atoms with Crippen LogP contribution in [-0.2, 0) is 9.59 Å². The first-order valence-electron chi connectivity index (χ1n) is 5.05. The first-order valence-corrected chi connectivity index (χ1v) is 5.05. The minimum atomic E-state index is -1.38. The van der Waals surface area contributed by atoms with Gasteiger partial charge in [0.25, 0.3) is 5.91 Å². The van der Waals surface area contributed by atoms with E-state index in [1.807, 2.05) is 0 Å². The van der Waals surface area contributed by atoms with E-state index in [-0.39, 0.29) is 5.56 Å². The third-order valence-corrected chi connectivity index (χ3v) is 2.09. The molecule has 102 valence electrons. The van der Waals surface area contributed by atoms with E-state index >= 15 is 0 Å². The molecule has 0 heterocycles. The molecule has 1 aromatic rings. The van der Waals surface area contributed by atoms with Gasteiger partial charge < -0.3 is 25.3 Å². The maximum absolute atomic E-state index is 11.9. The van der Waals surface area contributed by atoms with E-state index in [0.29, 0.717) is 4.90 Å². The van der Waals surface area contributed by atoms with Gasteiger partial charge in [-0.05, 0) is 12.1 Å². The smallest absolute Gasteiger partial charge is 0.323 e. The Bertz CT molecular complexity index is 490. The molecule has 0 fully saturated rings. The summed E-state index contributed by atoms with van der Waals surface area (Å²) in [5.74, 6) is -4.46. The molecule has 0 spiro atoms. The highest BCUT2D eigenvalue weighted by atomic mass is 16.4. The Morgan fingerprint density at radius 3 is 1.68 bits per heavy atom. The molecule has 0 radical (unpaired) electrons. The molecular weight excluding hydrogens is 258 g/mol. The van der Waals surface area contributed by atoms with Gasteiger partial charge in [0.1, 0.15) is 24.6 Å². The lowest BCUT2D eigenvalue weighted by Gasteiger charge is -2.18. The standard InChI is InChI=1S/C11H11NO7/c13-7-1-6(2-8(14)3-7)11(19)12(4-9(15)16)5-10(17)18/h1-3,13-14H,4-5H2,(H,15,16)(H,17,18). The number of phenolic OH excluding ortho intramolecular Hbond substituents is 2. The van der Waals surface area contributed by atoms with Gasteiger partial charge in [-0.1, -0.05) is 0 Å². The summed E-state index contributed by atoms with van der Waals surface area (Å²) in [6.07, 6.45) is 0. The van der Waals surface area contributed by atoms with Crippen molar-refractivity contribution in [2.75, 3.05) is 13.1 Å². The second-order valence-corrected chi connectivity index (χ2v) is 3.69. The van der Waals surface area contributed by atoms with Crippen LogP contribution in [0.4, 0.5) is 0 Å². The van der Waals surface area contributed by atoms with E-state index in [1.165, 1.54) is 0 Å². The molecule has 1 aromatic carbocycles. The fourth-order valence-electron chi connectivity index (χ4n) is 1.43. The van der Waals surface area contributed by atoms with Crippen LogP contribution in [0.2, 0.25) is 0 Å². The van der Waals surface area contributed by atoms with Crippen LogP contribution in [0, 0.1) is 0 Å². The average Bonchev–Trinajstić information content (AvgIpc) is 2.24. The summed E-state index contributed by atoms with van der Waals surface area (Å²) in [5.41, 5.74) is -0.208. The second kappa shape index (κ2) is 5.71. The zero-order valence-corrected chi connectivity index (χ0v) is 9.61. The van der Waals surface area contributed by atoms with Crippen molar-refractivity contribution in [3.8, 4) is 11.5 Å². The summed E-state index contributed by atoms with van der Waals surface area (Å²) >= 11 is 0. The van der Waals surface area contributed by atoms with Crippen molar-refractivity contribution in [1.29, 1.82) is 0 Å². The van der Waals surface area contributed by atoms with Crippen molar-refractivity contribution < 1.29 is 34.8 Å². The highest BCUT2D eigenvalue weighted by Gasteiger charge is 2.21. The van der Waals surface area contributed by atoms with Crippen LogP contribution in [0.1, 0.15) is 10.4 Å². The van der Waals surface area contributed by atoms with E-state index in [9.17, 15) is 24.6 Å². The summed E-state index contributed by atoms with van der Waals surface area (Å²) in [6, 6.07) is 2.98. The summed E-state index contributed by atoms with van der Waals surface area (Å²) in [4.78, 5) is 33.6. The lowest BCUT2D eigenvalue weighted by Crippen LogP contribution is -2.39. The summed E-state index contributed by atoms with van der Waals surface area (Å²) in [5, 5.41) is 35.7. The van der Waals surface area contributed by atoms with E-state index in [4.69, 9.17) is 10.2 Å². The molecule has 0 aliphatic rings. The molecule has 0 aliphatic heterocycles. The molecule has 1 rings (SSSR count). The Hall–Kier alpha value is -2.77. The normalized spacial score (nSPS) is 9.89. The fourth-order valence-corrected chi connectivity index (χ4v) is 1.43. The van der Waals surface area contributed by atoms with Gasteiger partial charge >= 0.3 is 11.9 Å². The van der Waals surface area contributed by atoms with Crippen LogP contribution in [0.25, 0.3) is 0 Å². The molecule has 0 aliphatic carbocycles. The molecule has 1 amide bonds. The van der Waals surface area contributed by atoms with Crippen LogP contribution < -0.4 is 0 Å². The Labute approximate surface area is 107 Å². The fraction of sp³-hybridized carbons (Fsp3) is 0.182. The van der Waals surface area contributed by atoms with Gasteiger partial charge in [0.2, 0.25) is 0 Å². The number of rotatable bonds is 5. The van der Waals surface area contributed by atoms with Crippen molar-refractivity contribution in [2.24, 2.45) is 0 Å². The SMILES string of the molecule is O=C(O)CN(CC(=O)O)C(=O)c1cc(O)cc(O)c1. The number of aromatic hydroxyl groups is 2. The largest absolute Gasteiger partial charge is 0.508 e. The van der Waals surface area contributed by atoms with Gasteiger partial charge in [0, 0.05) is 11.6 Å². The zero-order valence-electron chi connectivity index (χ0n) is 9.61. The molecular formula is C11H11NO7. The number of carbonyl (C=O) groups is 3. The van der Waals surface area contributed by atoms with Gasteiger partial charge in [-0.3, -0.25) is 14.4 Å². The number of carboxylic acid groups (broad SMARTS) is 2. The van der Waals surface area contributed by atoms with E-state index < -0.39 is 42.4 Å². The summed E-state index contributed by atoms with van der Waals surface area (Å²) in [7, 11) is 0. The van der Waals surface area contributed by atoms with Crippen LogP contribution in [-0.4, -0.2) is 56.3 Å². The maximum Gasteiger partial charge on any atom is 0.323 e. The molecule has 0 atom stereocenters. The highest BCUT2D eigenvalue weighted by molar-refractivity contribution is 5.98. The number of benzene rings is 1. The van der Waals surface area contributed by atoms with Gasteiger partial charge in [-0.15, -0.1) is 0 Å². The second-order valence-electron chi connectivity index (χ2n) is 3.69. The molecule has 8 heteroatoms. The van der Waals surface area contributed by atoms with E-state index in [0.717, 1.165) is 18.2 Å². The van der Waals surface area contributed by atoms with Crippen LogP contribution in [0.3, 0.4) is 0 Å². The molecule has 0 unspecified atom stereocenters. The van der Waals surface area contributed by atoms with Gasteiger partial charge in [-0.2, -0.15) is 0 Å². The molecule has 0 saturated heterocycles. The minimum absolute atomic E-state index is 0.208. The van der Waals surface area contributed by atoms with Gasteiger partial charge in [0.05, 0.1) is 0 Å². The zero-order chi connectivity index (χ0) is 14.6. The molecule has 19 heavy (non-hydrogen) atoms. The van der Waals surface area contributed by atoms with Gasteiger partial charge in [-0.25, -0.2) is 0 Å².